The van der Waals surface area contributed by atoms with Crippen LogP contribution in [0.1, 0.15) is 175 Å². The number of hydrogen-bond donors (Lipinski definition) is 0. The molecule has 2 atom stereocenters. The highest BCUT2D eigenvalue weighted by Gasteiger charge is 2.03. The van der Waals surface area contributed by atoms with Crippen molar-refractivity contribution in [3.8, 4) is 0 Å². The first-order valence-electron chi connectivity index (χ1n) is 14.2. The molecule has 2 unspecified atom stereocenters. The number of rotatable bonds is 24. The average molecular weight is 409 g/mol. The Labute approximate surface area is 187 Å². The molecule has 0 heteroatoms. The lowest BCUT2D eigenvalue weighted by molar-refractivity contribution is 0.420. The van der Waals surface area contributed by atoms with Crippen LogP contribution in [0.2, 0.25) is 0 Å². The molecule has 0 radical (unpaired) electrons. The van der Waals surface area contributed by atoms with Gasteiger partial charge in [-0.2, -0.15) is 0 Å². The maximum Gasteiger partial charge on any atom is -0.0443 e. The van der Waals surface area contributed by atoms with Gasteiger partial charge in [0.05, 0.1) is 0 Å². The van der Waals surface area contributed by atoms with Crippen molar-refractivity contribution in [1.29, 1.82) is 0 Å². The summed E-state index contributed by atoms with van der Waals surface area (Å²) in [5.41, 5.74) is 0. The zero-order valence-corrected chi connectivity index (χ0v) is 21.4. The van der Waals surface area contributed by atoms with Crippen LogP contribution in [0.15, 0.2) is 0 Å². The van der Waals surface area contributed by atoms with Crippen LogP contribution in [0.25, 0.3) is 0 Å². The van der Waals surface area contributed by atoms with E-state index in [1.807, 2.05) is 0 Å². The maximum absolute atomic E-state index is 2.49. The lowest BCUT2D eigenvalue weighted by atomic mass is 9.94. The van der Waals surface area contributed by atoms with Crippen molar-refractivity contribution in [2.24, 2.45) is 11.8 Å². The van der Waals surface area contributed by atoms with E-state index in [0.29, 0.717) is 0 Å². The van der Waals surface area contributed by atoms with Gasteiger partial charge in [0.1, 0.15) is 0 Å². The van der Waals surface area contributed by atoms with Gasteiger partial charge >= 0.3 is 0 Å². The predicted molar refractivity (Wildman–Crippen MR) is 136 cm³/mol. The van der Waals surface area contributed by atoms with Gasteiger partial charge in [-0.15, -0.1) is 0 Å². The number of hydrogen-bond acceptors (Lipinski definition) is 0. The van der Waals surface area contributed by atoms with E-state index in [1.165, 1.54) is 148 Å². The smallest absolute Gasteiger partial charge is 0.0443 e. The van der Waals surface area contributed by atoms with E-state index in [9.17, 15) is 0 Å². The minimum atomic E-state index is 0.963. The summed E-state index contributed by atoms with van der Waals surface area (Å²) in [4.78, 5) is 0. The van der Waals surface area contributed by atoms with Gasteiger partial charge in [0.2, 0.25) is 0 Å². The highest BCUT2D eigenvalue weighted by molar-refractivity contribution is 4.57. The first kappa shape index (κ1) is 29.0. The van der Waals surface area contributed by atoms with Crippen molar-refractivity contribution < 1.29 is 0 Å². The molecule has 0 aromatic carbocycles. The summed E-state index contributed by atoms with van der Waals surface area (Å²) in [5.74, 6) is 1.93. The topological polar surface area (TPSA) is 0 Å². The van der Waals surface area contributed by atoms with Crippen LogP contribution in [0.3, 0.4) is 0 Å². The van der Waals surface area contributed by atoms with Gasteiger partial charge in [0.15, 0.2) is 0 Å². The summed E-state index contributed by atoms with van der Waals surface area (Å²) >= 11 is 0. The third-order valence-electron chi connectivity index (χ3n) is 6.99. The van der Waals surface area contributed by atoms with Crippen molar-refractivity contribution in [3.63, 3.8) is 0 Å². The largest absolute Gasteiger partial charge is 0.0654 e. The second-order valence-electron chi connectivity index (χ2n) is 10.4. The van der Waals surface area contributed by atoms with Crippen LogP contribution < -0.4 is 0 Å². The molecule has 0 aliphatic rings. The van der Waals surface area contributed by atoms with Gasteiger partial charge in [-0.05, 0) is 11.8 Å². The fraction of sp³-hybridized carbons (Fsp3) is 1.00. The quantitative estimate of drug-likeness (QED) is 0.139. The zero-order valence-electron chi connectivity index (χ0n) is 21.4. The van der Waals surface area contributed by atoms with Crippen LogP contribution in [0.4, 0.5) is 0 Å². The maximum atomic E-state index is 2.49. The SMILES string of the molecule is CCCCCCCCCCCCCCC(C)CCCCCCCC(C)CCCC. The molecule has 0 heterocycles. The van der Waals surface area contributed by atoms with E-state index in [1.54, 1.807) is 0 Å². The van der Waals surface area contributed by atoms with Gasteiger partial charge in [0, 0.05) is 0 Å². The van der Waals surface area contributed by atoms with E-state index in [-0.39, 0.29) is 0 Å². The van der Waals surface area contributed by atoms with Crippen molar-refractivity contribution >= 4 is 0 Å². The molecular weight excluding hydrogens is 348 g/mol. The van der Waals surface area contributed by atoms with Crippen LogP contribution in [0.5, 0.6) is 0 Å². The van der Waals surface area contributed by atoms with E-state index in [2.05, 4.69) is 27.7 Å². The minimum absolute atomic E-state index is 0.963. The molecule has 29 heavy (non-hydrogen) atoms. The molecule has 0 amide bonds. The standard InChI is InChI=1S/C29H60/c1-5-7-9-10-11-12-13-14-15-16-18-21-26-29(4)27-23-20-17-19-22-25-28(3)24-8-6-2/h28-29H,5-27H2,1-4H3. The van der Waals surface area contributed by atoms with Gasteiger partial charge in [-0.25, -0.2) is 0 Å². The van der Waals surface area contributed by atoms with Crippen molar-refractivity contribution in [1.82, 2.24) is 0 Å². The molecule has 0 fully saturated rings. The van der Waals surface area contributed by atoms with E-state index < -0.39 is 0 Å². The Morgan fingerprint density at radius 2 is 0.552 bits per heavy atom. The minimum Gasteiger partial charge on any atom is -0.0654 e. The van der Waals surface area contributed by atoms with Gasteiger partial charge in [0.25, 0.3) is 0 Å². The first-order chi connectivity index (χ1) is 14.2. The van der Waals surface area contributed by atoms with E-state index >= 15 is 0 Å². The van der Waals surface area contributed by atoms with E-state index in [0.717, 1.165) is 11.8 Å². The summed E-state index contributed by atoms with van der Waals surface area (Å²) in [6, 6.07) is 0. The fourth-order valence-corrected chi connectivity index (χ4v) is 4.69. The normalized spacial score (nSPS) is 13.7. The molecule has 0 aliphatic carbocycles. The second-order valence-corrected chi connectivity index (χ2v) is 10.4. The third-order valence-corrected chi connectivity index (χ3v) is 6.99. The highest BCUT2D eigenvalue weighted by Crippen LogP contribution is 2.20. The predicted octanol–water partition coefficient (Wildman–Crippen LogP) is 11.3. The van der Waals surface area contributed by atoms with Gasteiger partial charge in [-0.3, -0.25) is 0 Å². The Bertz CT molecular complexity index is 282. The summed E-state index contributed by atoms with van der Waals surface area (Å²) in [7, 11) is 0. The summed E-state index contributed by atoms with van der Waals surface area (Å²) in [5, 5.41) is 0. The molecule has 0 N–H and O–H groups in total. The Morgan fingerprint density at radius 1 is 0.310 bits per heavy atom. The zero-order chi connectivity index (χ0) is 21.4. The Morgan fingerprint density at radius 3 is 0.862 bits per heavy atom. The molecule has 0 rings (SSSR count). The van der Waals surface area contributed by atoms with Crippen molar-refractivity contribution in [2.75, 3.05) is 0 Å². The highest BCUT2D eigenvalue weighted by atomic mass is 14.1. The molecule has 0 nitrogen and oxygen atoms in total. The molecule has 0 aliphatic heterocycles. The summed E-state index contributed by atoms with van der Waals surface area (Å²) in [6.45, 7) is 9.56. The fourth-order valence-electron chi connectivity index (χ4n) is 4.69. The molecule has 0 saturated carbocycles. The van der Waals surface area contributed by atoms with Gasteiger partial charge in [-0.1, -0.05) is 175 Å². The second kappa shape index (κ2) is 24.3. The third kappa shape index (κ3) is 24.1. The molecule has 0 bridgehead atoms. The molecule has 0 aromatic rings. The van der Waals surface area contributed by atoms with E-state index in [4.69, 9.17) is 0 Å². The van der Waals surface area contributed by atoms with Crippen LogP contribution >= 0.6 is 0 Å². The molecule has 0 aromatic heterocycles. The lowest BCUT2D eigenvalue weighted by Gasteiger charge is -2.12. The lowest BCUT2D eigenvalue weighted by Crippen LogP contribution is -1.96. The van der Waals surface area contributed by atoms with Crippen LogP contribution in [0, 0.1) is 11.8 Å². The average Bonchev–Trinajstić information content (AvgIpc) is 2.72. The molecule has 0 saturated heterocycles. The Balaban J connectivity index is 3.20. The Kier molecular flexibility index (Phi) is 24.3. The monoisotopic (exact) mass is 408 g/mol. The summed E-state index contributed by atoms with van der Waals surface area (Å²) in [6.07, 6.45) is 33.7. The molecule has 176 valence electrons. The number of unbranched alkanes of at least 4 members (excludes halogenated alkanes) is 16. The van der Waals surface area contributed by atoms with Gasteiger partial charge < -0.3 is 0 Å². The summed E-state index contributed by atoms with van der Waals surface area (Å²) < 4.78 is 0. The van der Waals surface area contributed by atoms with Crippen molar-refractivity contribution in [2.45, 2.75) is 175 Å². The first-order valence-corrected chi connectivity index (χ1v) is 14.2. The van der Waals surface area contributed by atoms with Crippen LogP contribution in [-0.4, -0.2) is 0 Å². The molecular formula is C29H60. The van der Waals surface area contributed by atoms with Crippen molar-refractivity contribution in [3.05, 3.63) is 0 Å². The van der Waals surface area contributed by atoms with Crippen LogP contribution in [-0.2, 0) is 0 Å². The Hall–Kier alpha value is 0. The molecule has 0 spiro atoms.